The van der Waals surface area contributed by atoms with Crippen LogP contribution in [0.2, 0.25) is 5.02 Å². The van der Waals surface area contributed by atoms with Crippen LogP contribution in [0.1, 0.15) is 37.4 Å². The fraction of sp³-hybridized carbons (Fsp3) is 0.125. The molecule has 0 aliphatic heterocycles. The molecule has 1 atom stereocenters. The second-order valence-corrected chi connectivity index (χ2v) is 7.86. The number of benzene rings is 3. The lowest BCUT2D eigenvalue weighted by molar-refractivity contribution is -0.885. The highest BCUT2D eigenvalue weighted by molar-refractivity contribution is 6.31. The Balaban J connectivity index is 1.52. The molecule has 0 saturated heterocycles. The first-order valence-corrected chi connectivity index (χ1v) is 9.99. The van der Waals surface area contributed by atoms with Gasteiger partial charge in [-0.1, -0.05) is 60.1 Å². The van der Waals surface area contributed by atoms with E-state index in [1.165, 1.54) is 0 Å². The first kappa shape index (κ1) is 20.0. The monoisotopic (exact) mass is 419 g/mol. The van der Waals surface area contributed by atoms with Crippen molar-refractivity contribution < 1.29 is 19.3 Å². The van der Waals surface area contributed by atoms with E-state index in [1.807, 2.05) is 31.3 Å². The second-order valence-electron chi connectivity index (χ2n) is 7.42. The van der Waals surface area contributed by atoms with Crippen LogP contribution in [0.5, 0.6) is 0 Å². The molecule has 1 unspecified atom stereocenters. The number of hydrogen-bond acceptors (Lipinski definition) is 3. The number of ketones is 2. The van der Waals surface area contributed by atoms with Crippen molar-refractivity contribution >= 4 is 34.8 Å². The summed E-state index contributed by atoms with van der Waals surface area (Å²) in [5.41, 5.74) is 2.71. The van der Waals surface area contributed by atoms with Gasteiger partial charge in [0.15, 0.2) is 18.1 Å². The van der Waals surface area contributed by atoms with E-state index in [1.54, 1.807) is 42.5 Å². The standard InChI is InChI=1S/C24H19ClN2O3/c1-27(13-15-6-4-7-16(25)12-15)14-21(28)26-20-11-5-10-19-22(20)24(30)18-9-3-2-8-17(18)23(19)29/h2-12H,13-14H2,1H3,(H,26,28)/p+1. The molecule has 0 heterocycles. The minimum atomic E-state index is -0.254. The lowest BCUT2D eigenvalue weighted by Gasteiger charge is -2.20. The SMILES string of the molecule is C[NH+](CC(=O)Nc1cccc2c1C(=O)c1ccccc1C2=O)Cc1cccc(Cl)c1. The lowest BCUT2D eigenvalue weighted by atomic mass is 9.83. The van der Waals surface area contributed by atoms with Gasteiger partial charge in [0.05, 0.1) is 18.3 Å². The van der Waals surface area contributed by atoms with E-state index in [4.69, 9.17) is 11.6 Å². The molecule has 6 heteroatoms. The van der Waals surface area contributed by atoms with Crippen LogP contribution in [-0.4, -0.2) is 31.1 Å². The number of amides is 1. The topological polar surface area (TPSA) is 67.7 Å². The van der Waals surface area contributed by atoms with Gasteiger partial charge in [0, 0.05) is 27.3 Å². The maximum atomic E-state index is 13.0. The summed E-state index contributed by atoms with van der Waals surface area (Å²) < 4.78 is 0. The smallest absolute Gasteiger partial charge is 0.279 e. The van der Waals surface area contributed by atoms with Crippen molar-refractivity contribution in [3.63, 3.8) is 0 Å². The van der Waals surface area contributed by atoms with Crippen LogP contribution in [0, 0.1) is 0 Å². The molecule has 0 saturated carbocycles. The number of hydrogen-bond donors (Lipinski definition) is 2. The summed E-state index contributed by atoms with van der Waals surface area (Å²) in [6.07, 6.45) is 0. The molecule has 2 N–H and O–H groups in total. The highest BCUT2D eigenvalue weighted by atomic mass is 35.5. The average Bonchev–Trinajstić information content (AvgIpc) is 2.71. The van der Waals surface area contributed by atoms with E-state index in [-0.39, 0.29) is 29.6 Å². The fourth-order valence-corrected chi connectivity index (χ4v) is 3.99. The van der Waals surface area contributed by atoms with Crippen molar-refractivity contribution in [2.45, 2.75) is 6.54 Å². The van der Waals surface area contributed by atoms with Gasteiger partial charge in [0.1, 0.15) is 6.54 Å². The molecule has 0 spiro atoms. The van der Waals surface area contributed by atoms with E-state index < -0.39 is 0 Å². The van der Waals surface area contributed by atoms with Gasteiger partial charge in [-0.15, -0.1) is 0 Å². The molecular formula is C24H20ClN2O3+. The van der Waals surface area contributed by atoms with Gasteiger partial charge < -0.3 is 10.2 Å². The molecule has 3 aromatic carbocycles. The Morgan fingerprint density at radius 2 is 1.57 bits per heavy atom. The summed E-state index contributed by atoms with van der Waals surface area (Å²) in [4.78, 5) is 39.5. The maximum absolute atomic E-state index is 13.0. The van der Waals surface area contributed by atoms with E-state index in [9.17, 15) is 14.4 Å². The van der Waals surface area contributed by atoms with Crippen molar-refractivity contribution in [1.82, 2.24) is 0 Å². The van der Waals surface area contributed by atoms with Crippen LogP contribution in [0.3, 0.4) is 0 Å². The lowest BCUT2D eigenvalue weighted by Crippen LogP contribution is -3.08. The number of halogens is 1. The molecule has 5 nitrogen and oxygen atoms in total. The van der Waals surface area contributed by atoms with Crippen molar-refractivity contribution in [3.05, 3.63) is 99.6 Å². The first-order chi connectivity index (χ1) is 14.4. The van der Waals surface area contributed by atoms with Crippen LogP contribution in [0.25, 0.3) is 0 Å². The number of nitrogens with one attached hydrogen (secondary N) is 2. The summed E-state index contributed by atoms with van der Waals surface area (Å²) in [6, 6.07) is 19.2. The molecule has 1 amide bonds. The van der Waals surface area contributed by atoms with Gasteiger partial charge in [-0.25, -0.2) is 0 Å². The third-order valence-electron chi connectivity index (χ3n) is 5.08. The number of carbonyl (C=O) groups is 3. The van der Waals surface area contributed by atoms with E-state index in [0.29, 0.717) is 33.9 Å². The van der Waals surface area contributed by atoms with Gasteiger partial charge >= 0.3 is 0 Å². The highest BCUT2D eigenvalue weighted by Gasteiger charge is 2.31. The quantitative estimate of drug-likeness (QED) is 0.522. The minimum absolute atomic E-state index is 0.203. The minimum Gasteiger partial charge on any atom is -0.326 e. The van der Waals surface area contributed by atoms with Crippen LogP contribution in [0.15, 0.2) is 66.7 Å². The Morgan fingerprint density at radius 3 is 2.30 bits per heavy atom. The van der Waals surface area contributed by atoms with E-state index >= 15 is 0 Å². The summed E-state index contributed by atoms with van der Waals surface area (Å²) >= 11 is 6.02. The predicted octanol–water partition coefficient (Wildman–Crippen LogP) is 2.77. The molecular weight excluding hydrogens is 400 g/mol. The number of fused-ring (bicyclic) bond motifs is 2. The van der Waals surface area contributed by atoms with E-state index in [0.717, 1.165) is 10.5 Å². The molecule has 0 aromatic heterocycles. The molecule has 0 bridgehead atoms. The number of carbonyl (C=O) groups excluding carboxylic acids is 3. The Bertz CT molecular complexity index is 1170. The van der Waals surface area contributed by atoms with Gasteiger partial charge in [0.2, 0.25) is 0 Å². The molecule has 150 valence electrons. The first-order valence-electron chi connectivity index (χ1n) is 9.61. The van der Waals surface area contributed by atoms with Crippen molar-refractivity contribution in [3.8, 4) is 0 Å². The van der Waals surface area contributed by atoms with Crippen LogP contribution in [-0.2, 0) is 11.3 Å². The fourth-order valence-electron chi connectivity index (χ4n) is 3.78. The molecule has 30 heavy (non-hydrogen) atoms. The summed E-state index contributed by atoms with van der Waals surface area (Å²) in [5.74, 6) is -0.697. The zero-order valence-corrected chi connectivity index (χ0v) is 17.1. The maximum Gasteiger partial charge on any atom is 0.279 e. The van der Waals surface area contributed by atoms with Gasteiger partial charge in [-0.05, 0) is 18.2 Å². The number of rotatable bonds is 5. The molecule has 0 radical (unpaired) electrons. The Kier molecular flexibility index (Phi) is 5.48. The third kappa shape index (κ3) is 3.90. The predicted molar refractivity (Wildman–Crippen MR) is 115 cm³/mol. The summed E-state index contributed by atoms with van der Waals surface area (Å²) in [5, 5.41) is 3.48. The van der Waals surface area contributed by atoms with Crippen molar-refractivity contribution in [2.75, 3.05) is 18.9 Å². The van der Waals surface area contributed by atoms with Gasteiger partial charge in [-0.3, -0.25) is 14.4 Å². The van der Waals surface area contributed by atoms with Crippen LogP contribution < -0.4 is 10.2 Å². The van der Waals surface area contributed by atoms with Crippen LogP contribution >= 0.6 is 11.6 Å². The Hall–Kier alpha value is -3.28. The highest BCUT2D eigenvalue weighted by Crippen LogP contribution is 2.31. The Labute approximate surface area is 179 Å². The zero-order chi connectivity index (χ0) is 21.3. The van der Waals surface area contributed by atoms with Crippen molar-refractivity contribution in [2.24, 2.45) is 0 Å². The number of anilines is 1. The number of likely N-dealkylation sites (N-methyl/N-ethyl adjacent to an activating group) is 1. The number of quaternary nitrogens is 1. The molecule has 3 aromatic rings. The molecule has 0 fully saturated rings. The second kappa shape index (κ2) is 8.22. The largest absolute Gasteiger partial charge is 0.326 e. The zero-order valence-electron chi connectivity index (χ0n) is 16.4. The third-order valence-corrected chi connectivity index (χ3v) is 5.32. The van der Waals surface area contributed by atoms with Gasteiger partial charge in [0.25, 0.3) is 5.91 Å². The van der Waals surface area contributed by atoms with Crippen LogP contribution in [0.4, 0.5) is 5.69 Å². The summed E-state index contributed by atoms with van der Waals surface area (Å²) in [6.45, 7) is 0.834. The average molecular weight is 420 g/mol. The van der Waals surface area contributed by atoms with E-state index in [2.05, 4.69) is 5.32 Å². The molecule has 1 aliphatic rings. The molecule has 4 rings (SSSR count). The summed E-state index contributed by atoms with van der Waals surface area (Å²) in [7, 11) is 1.91. The van der Waals surface area contributed by atoms with Gasteiger partial charge in [-0.2, -0.15) is 0 Å². The van der Waals surface area contributed by atoms with Crippen molar-refractivity contribution in [1.29, 1.82) is 0 Å². The Morgan fingerprint density at radius 1 is 0.900 bits per heavy atom. The molecule has 1 aliphatic carbocycles. The normalized spacial score (nSPS) is 13.4.